The molecule has 1 unspecified atom stereocenters. The van der Waals surface area contributed by atoms with Crippen LogP contribution in [0.5, 0.6) is 0 Å². The number of aryl methyl sites for hydroxylation is 3. The lowest BCUT2D eigenvalue weighted by Gasteiger charge is -2.10. The zero-order valence-electron chi connectivity index (χ0n) is 12.1. The van der Waals surface area contributed by atoms with Gasteiger partial charge in [-0.05, 0) is 32.9 Å². The molecule has 6 nitrogen and oxygen atoms in total. The van der Waals surface area contributed by atoms with Gasteiger partial charge in [0.15, 0.2) is 5.82 Å². The molecule has 0 bridgehead atoms. The number of amides is 1. The van der Waals surface area contributed by atoms with Crippen LogP contribution in [0.25, 0.3) is 0 Å². The Morgan fingerprint density at radius 1 is 1.30 bits per heavy atom. The molecule has 2 aromatic heterocycles. The van der Waals surface area contributed by atoms with Crippen LogP contribution in [0.15, 0.2) is 16.7 Å². The molecule has 2 rings (SSSR count). The van der Waals surface area contributed by atoms with Gasteiger partial charge in [-0.2, -0.15) is 4.98 Å². The second-order valence-corrected chi connectivity index (χ2v) is 4.74. The zero-order valence-corrected chi connectivity index (χ0v) is 12.1. The number of nitrogens with zero attached hydrogens (tertiary/aromatic N) is 3. The van der Waals surface area contributed by atoms with Crippen molar-refractivity contribution in [2.24, 2.45) is 0 Å². The van der Waals surface area contributed by atoms with E-state index in [4.69, 9.17) is 4.52 Å². The quantitative estimate of drug-likeness (QED) is 0.923. The Balaban J connectivity index is 2.10. The van der Waals surface area contributed by atoms with Gasteiger partial charge in [0.1, 0.15) is 6.04 Å². The van der Waals surface area contributed by atoms with E-state index in [1.807, 2.05) is 27.7 Å². The number of aromatic nitrogens is 3. The average Bonchev–Trinajstić information content (AvgIpc) is 2.86. The fourth-order valence-electron chi connectivity index (χ4n) is 1.89. The summed E-state index contributed by atoms with van der Waals surface area (Å²) in [5, 5.41) is 6.66. The third-order valence-corrected chi connectivity index (χ3v) is 2.86. The van der Waals surface area contributed by atoms with E-state index in [9.17, 15) is 4.79 Å². The van der Waals surface area contributed by atoms with Crippen LogP contribution in [0.2, 0.25) is 0 Å². The third kappa shape index (κ3) is 3.20. The summed E-state index contributed by atoms with van der Waals surface area (Å²) in [6.45, 7) is 7.48. The van der Waals surface area contributed by atoms with Crippen LogP contribution in [0.3, 0.4) is 0 Å². The first-order chi connectivity index (χ1) is 9.49. The molecule has 2 heterocycles. The van der Waals surface area contributed by atoms with E-state index >= 15 is 0 Å². The van der Waals surface area contributed by atoms with E-state index in [1.54, 1.807) is 12.1 Å². The molecule has 106 valence electrons. The fourth-order valence-corrected chi connectivity index (χ4v) is 1.89. The third-order valence-electron chi connectivity index (χ3n) is 2.86. The Morgan fingerprint density at radius 3 is 2.50 bits per heavy atom. The van der Waals surface area contributed by atoms with E-state index in [0.29, 0.717) is 23.7 Å². The lowest BCUT2D eigenvalue weighted by molar-refractivity contribution is 0.0932. The largest absolute Gasteiger partial charge is 0.341 e. The van der Waals surface area contributed by atoms with Crippen LogP contribution in [0.4, 0.5) is 0 Å². The van der Waals surface area contributed by atoms with Crippen LogP contribution in [-0.2, 0) is 6.42 Å². The summed E-state index contributed by atoms with van der Waals surface area (Å²) in [6, 6.07) is 3.17. The number of rotatable bonds is 4. The van der Waals surface area contributed by atoms with Crippen molar-refractivity contribution in [1.29, 1.82) is 0 Å². The number of hydrogen-bond acceptors (Lipinski definition) is 5. The lowest BCUT2D eigenvalue weighted by atomic mass is 10.1. The number of pyridine rings is 1. The van der Waals surface area contributed by atoms with Crippen molar-refractivity contribution < 1.29 is 9.32 Å². The summed E-state index contributed by atoms with van der Waals surface area (Å²) in [5.74, 6) is 0.872. The van der Waals surface area contributed by atoms with Crippen molar-refractivity contribution in [3.8, 4) is 0 Å². The van der Waals surface area contributed by atoms with Gasteiger partial charge in [0.05, 0.1) is 0 Å². The maximum atomic E-state index is 12.2. The van der Waals surface area contributed by atoms with Gasteiger partial charge in [-0.25, -0.2) is 0 Å². The number of carbonyl (C=O) groups excluding carboxylic acids is 1. The Bertz CT molecular complexity index is 601. The van der Waals surface area contributed by atoms with Crippen molar-refractivity contribution in [2.45, 2.75) is 40.2 Å². The Kier molecular flexibility index (Phi) is 4.12. The molecule has 1 N–H and O–H groups in total. The molecule has 0 saturated carbocycles. The predicted octanol–water partition coefficient (Wildman–Crippen LogP) is 2.13. The standard InChI is InChI=1S/C14H18N4O2/c1-5-12-17-14(20-18-12)10(4)16-13(19)11-6-8(2)15-9(3)7-11/h6-7,10H,5H2,1-4H3,(H,16,19). The maximum Gasteiger partial charge on any atom is 0.252 e. The highest BCUT2D eigenvalue weighted by Gasteiger charge is 2.17. The van der Waals surface area contributed by atoms with Crippen molar-refractivity contribution in [3.05, 3.63) is 40.8 Å². The van der Waals surface area contributed by atoms with Crippen molar-refractivity contribution >= 4 is 5.91 Å². The lowest BCUT2D eigenvalue weighted by Crippen LogP contribution is -2.27. The van der Waals surface area contributed by atoms with Gasteiger partial charge >= 0.3 is 0 Å². The Hall–Kier alpha value is -2.24. The molecular weight excluding hydrogens is 256 g/mol. The van der Waals surface area contributed by atoms with Crippen LogP contribution in [0.1, 0.15) is 53.4 Å². The molecule has 0 aliphatic heterocycles. The molecule has 6 heteroatoms. The van der Waals surface area contributed by atoms with E-state index in [2.05, 4.69) is 20.4 Å². The topological polar surface area (TPSA) is 80.9 Å². The van der Waals surface area contributed by atoms with Gasteiger partial charge in [0, 0.05) is 23.4 Å². The molecule has 0 radical (unpaired) electrons. The molecule has 0 saturated heterocycles. The molecule has 1 atom stereocenters. The van der Waals surface area contributed by atoms with Gasteiger partial charge in [-0.3, -0.25) is 9.78 Å². The average molecular weight is 274 g/mol. The van der Waals surface area contributed by atoms with Crippen LogP contribution >= 0.6 is 0 Å². The van der Waals surface area contributed by atoms with Gasteiger partial charge in [0.2, 0.25) is 5.89 Å². The normalized spacial score (nSPS) is 12.2. The van der Waals surface area contributed by atoms with E-state index < -0.39 is 0 Å². The monoisotopic (exact) mass is 274 g/mol. The van der Waals surface area contributed by atoms with Crippen molar-refractivity contribution in [3.63, 3.8) is 0 Å². The van der Waals surface area contributed by atoms with E-state index in [0.717, 1.165) is 11.4 Å². The fraction of sp³-hybridized carbons (Fsp3) is 0.429. The number of nitrogens with one attached hydrogen (secondary N) is 1. The smallest absolute Gasteiger partial charge is 0.252 e. The Labute approximate surface area is 117 Å². The highest BCUT2D eigenvalue weighted by Crippen LogP contribution is 2.12. The van der Waals surface area contributed by atoms with Gasteiger partial charge in [0.25, 0.3) is 5.91 Å². The molecule has 0 fully saturated rings. The van der Waals surface area contributed by atoms with Crippen LogP contribution in [-0.4, -0.2) is 21.0 Å². The van der Waals surface area contributed by atoms with Crippen LogP contribution in [0, 0.1) is 13.8 Å². The molecule has 0 aliphatic rings. The van der Waals surface area contributed by atoms with Gasteiger partial charge < -0.3 is 9.84 Å². The van der Waals surface area contributed by atoms with Crippen LogP contribution < -0.4 is 5.32 Å². The van der Waals surface area contributed by atoms with E-state index in [-0.39, 0.29) is 11.9 Å². The summed E-state index contributed by atoms with van der Waals surface area (Å²) in [4.78, 5) is 20.6. The number of carbonyl (C=O) groups is 1. The van der Waals surface area contributed by atoms with E-state index in [1.165, 1.54) is 0 Å². The summed E-state index contributed by atoms with van der Waals surface area (Å²) < 4.78 is 5.11. The summed E-state index contributed by atoms with van der Waals surface area (Å²) in [6.07, 6.45) is 0.701. The molecule has 1 amide bonds. The zero-order chi connectivity index (χ0) is 14.7. The van der Waals surface area contributed by atoms with Gasteiger partial charge in [-0.1, -0.05) is 12.1 Å². The predicted molar refractivity (Wildman–Crippen MR) is 73.3 cm³/mol. The minimum Gasteiger partial charge on any atom is -0.341 e. The van der Waals surface area contributed by atoms with Crippen molar-refractivity contribution in [1.82, 2.24) is 20.4 Å². The second-order valence-electron chi connectivity index (χ2n) is 4.74. The molecule has 0 aromatic carbocycles. The molecule has 0 aliphatic carbocycles. The van der Waals surface area contributed by atoms with Gasteiger partial charge in [-0.15, -0.1) is 0 Å². The first-order valence-corrected chi connectivity index (χ1v) is 6.58. The molecule has 20 heavy (non-hydrogen) atoms. The second kappa shape index (κ2) is 5.81. The highest BCUT2D eigenvalue weighted by atomic mass is 16.5. The first-order valence-electron chi connectivity index (χ1n) is 6.58. The molecular formula is C14H18N4O2. The number of hydrogen-bond donors (Lipinski definition) is 1. The summed E-state index contributed by atoms with van der Waals surface area (Å²) in [7, 11) is 0. The maximum absolute atomic E-state index is 12.2. The molecule has 0 spiro atoms. The summed E-state index contributed by atoms with van der Waals surface area (Å²) >= 11 is 0. The first kappa shape index (κ1) is 14.2. The summed E-state index contributed by atoms with van der Waals surface area (Å²) in [5.41, 5.74) is 2.21. The molecule has 2 aromatic rings. The minimum absolute atomic E-state index is 0.178. The minimum atomic E-state index is -0.330. The van der Waals surface area contributed by atoms with Crippen molar-refractivity contribution in [2.75, 3.05) is 0 Å². The SMILES string of the molecule is CCc1noc(C(C)NC(=O)c2cc(C)nc(C)c2)n1. The Morgan fingerprint density at radius 2 is 1.95 bits per heavy atom. The highest BCUT2D eigenvalue weighted by molar-refractivity contribution is 5.94.